The van der Waals surface area contributed by atoms with Crippen molar-refractivity contribution >= 4 is 16.7 Å². The summed E-state index contributed by atoms with van der Waals surface area (Å²) in [6.07, 6.45) is 1.39. The van der Waals surface area contributed by atoms with Gasteiger partial charge < -0.3 is 0 Å². The minimum atomic E-state index is -1.23. The van der Waals surface area contributed by atoms with E-state index in [4.69, 9.17) is 0 Å². The van der Waals surface area contributed by atoms with E-state index in [0.29, 0.717) is 0 Å². The summed E-state index contributed by atoms with van der Waals surface area (Å²) in [5.41, 5.74) is 0. The first-order valence-electron chi connectivity index (χ1n) is 6.36. The van der Waals surface area contributed by atoms with Gasteiger partial charge >= 0.3 is 101 Å². The van der Waals surface area contributed by atoms with E-state index in [1.54, 1.807) is 0 Å². The Balaban J connectivity index is 2.15. The average molecular weight is 270 g/mol. The van der Waals surface area contributed by atoms with Crippen LogP contribution in [0, 0.1) is 0 Å². The van der Waals surface area contributed by atoms with E-state index in [2.05, 4.69) is 40.3 Å². The zero-order chi connectivity index (χ0) is 11.3. The number of nitrogens with zero attached hydrogens (tertiary/aromatic N) is 2. The Morgan fingerprint density at radius 3 is 2.53 bits per heavy atom. The van der Waals surface area contributed by atoms with Crippen LogP contribution in [0.2, 0.25) is 4.98 Å². The van der Waals surface area contributed by atoms with Crippen molar-refractivity contribution in [2.24, 2.45) is 0 Å². The van der Waals surface area contributed by atoms with Crippen LogP contribution in [-0.2, 0) is 0 Å². The molecule has 1 fully saturated rings. The molecule has 1 heterocycles. The molecule has 0 saturated carbocycles. The van der Waals surface area contributed by atoms with Gasteiger partial charge in [-0.25, -0.2) is 0 Å². The van der Waals surface area contributed by atoms with Crippen LogP contribution >= 0.6 is 0 Å². The fourth-order valence-electron chi connectivity index (χ4n) is 2.26. The number of hydrogen-bond donors (Lipinski definition) is 1. The van der Waals surface area contributed by atoms with E-state index in [0.717, 1.165) is 6.04 Å². The molecule has 1 atom stereocenters. The molecule has 1 unspecified atom stereocenters. The van der Waals surface area contributed by atoms with E-state index in [9.17, 15) is 0 Å². The standard InChI is InChI=1S/C7H16N.C4H10N2.Ga/c1-4-7-8(5-2)6-3;1-4(3-5)6-2;/h1,4-7H2,2-3H3;4-5H,3H2,1-2H3;/q;-2;+2. The Labute approximate surface area is 101 Å². The van der Waals surface area contributed by atoms with E-state index in [1.165, 1.54) is 37.6 Å². The molecule has 15 heavy (non-hydrogen) atoms. The third kappa shape index (κ3) is 4.11. The van der Waals surface area contributed by atoms with Crippen LogP contribution in [0.3, 0.4) is 0 Å². The van der Waals surface area contributed by atoms with Gasteiger partial charge in [-0.15, -0.1) is 0 Å². The van der Waals surface area contributed by atoms with Crippen LogP contribution in [0.1, 0.15) is 27.2 Å². The van der Waals surface area contributed by atoms with Crippen molar-refractivity contribution in [3.8, 4) is 0 Å². The molecule has 0 spiro atoms. The Hall–Kier alpha value is 0.516. The summed E-state index contributed by atoms with van der Waals surface area (Å²) in [4.78, 5) is 3.99. The summed E-state index contributed by atoms with van der Waals surface area (Å²) in [5, 5.41) is 0. The molecule has 0 aromatic heterocycles. The molecule has 0 aromatic rings. The molecule has 0 aliphatic carbocycles. The Bertz CT molecular complexity index is 173. The van der Waals surface area contributed by atoms with Crippen LogP contribution in [0.4, 0.5) is 0 Å². The molecular weight excluding hydrogens is 244 g/mol. The van der Waals surface area contributed by atoms with E-state index < -0.39 is 16.7 Å². The predicted molar refractivity (Wildman–Crippen MR) is 68.2 cm³/mol. The summed E-state index contributed by atoms with van der Waals surface area (Å²) in [5.74, 6) is 0. The molecule has 0 amide bonds. The van der Waals surface area contributed by atoms with E-state index in [-0.39, 0.29) is 0 Å². The first kappa shape index (κ1) is 13.6. The Morgan fingerprint density at radius 1 is 1.40 bits per heavy atom. The van der Waals surface area contributed by atoms with Crippen LogP contribution in [-0.4, -0.2) is 64.5 Å². The maximum absolute atomic E-state index is 3.76. The summed E-state index contributed by atoms with van der Waals surface area (Å²) in [6.45, 7) is 11.8. The number of likely N-dealkylation sites (N-methyl/N-ethyl adjacent to an activating group) is 1. The van der Waals surface area contributed by atoms with E-state index >= 15 is 0 Å². The van der Waals surface area contributed by atoms with Crippen molar-refractivity contribution < 1.29 is 0 Å². The van der Waals surface area contributed by atoms with Gasteiger partial charge in [0.15, 0.2) is 0 Å². The van der Waals surface area contributed by atoms with Crippen LogP contribution in [0.25, 0.3) is 0 Å². The number of rotatable bonds is 6. The van der Waals surface area contributed by atoms with Crippen LogP contribution in [0.5, 0.6) is 0 Å². The van der Waals surface area contributed by atoms with Crippen molar-refractivity contribution in [1.82, 2.24) is 12.5 Å². The van der Waals surface area contributed by atoms with Crippen molar-refractivity contribution in [2.45, 2.75) is 38.2 Å². The molecule has 1 N–H and O–H groups in total. The van der Waals surface area contributed by atoms with Crippen molar-refractivity contribution in [3.05, 3.63) is 0 Å². The summed E-state index contributed by atoms with van der Waals surface area (Å²) in [6, 6.07) is 0.781. The van der Waals surface area contributed by atoms with Gasteiger partial charge in [0.25, 0.3) is 0 Å². The normalized spacial score (nSPS) is 23.0. The molecule has 0 radical (unpaired) electrons. The predicted octanol–water partition coefficient (Wildman–Crippen LogP) is 1.13. The van der Waals surface area contributed by atoms with Gasteiger partial charge in [-0.1, -0.05) is 0 Å². The summed E-state index contributed by atoms with van der Waals surface area (Å²) < 4.78 is 6.41. The van der Waals surface area contributed by atoms with Crippen molar-refractivity contribution in [1.29, 1.82) is 0 Å². The quantitative estimate of drug-likeness (QED) is 0.730. The fourth-order valence-corrected chi connectivity index (χ4v) is 8.13. The summed E-state index contributed by atoms with van der Waals surface area (Å²) in [7, 11) is 2.31. The third-order valence-corrected chi connectivity index (χ3v) is 10.3. The first-order chi connectivity index (χ1) is 7.19. The van der Waals surface area contributed by atoms with Crippen molar-refractivity contribution in [3.63, 3.8) is 0 Å². The second-order valence-corrected chi connectivity index (χ2v) is 10.5. The average Bonchev–Trinajstić information content (AvgIpc) is 2.56. The van der Waals surface area contributed by atoms with Gasteiger partial charge in [-0.2, -0.15) is 0 Å². The molecule has 88 valence electrons. The second kappa shape index (κ2) is 6.96. The molecule has 0 bridgehead atoms. The van der Waals surface area contributed by atoms with Crippen molar-refractivity contribution in [2.75, 3.05) is 33.2 Å². The second-order valence-electron chi connectivity index (χ2n) is 4.61. The van der Waals surface area contributed by atoms with Gasteiger partial charge in [-0.05, 0) is 0 Å². The maximum atomic E-state index is 3.76. The van der Waals surface area contributed by atoms with Gasteiger partial charge in [0.1, 0.15) is 0 Å². The number of nitrogens with one attached hydrogen (secondary N) is 1. The topological polar surface area (TPSA) is 18.5 Å². The zero-order valence-electron chi connectivity index (χ0n) is 10.8. The van der Waals surface area contributed by atoms with Gasteiger partial charge in [0.05, 0.1) is 0 Å². The molecule has 1 saturated heterocycles. The Kier molecular flexibility index (Phi) is 6.30. The Morgan fingerprint density at radius 2 is 2.07 bits per heavy atom. The molecule has 3 nitrogen and oxygen atoms in total. The molecular formula is C11H26GaN3. The van der Waals surface area contributed by atoms with Gasteiger partial charge in [-0.3, -0.25) is 0 Å². The van der Waals surface area contributed by atoms with Crippen LogP contribution in [0.15, 0.2) is 0 Å². The number of hydrogen-bond acceptors (Lipinski definition) is 3. The monoisotopic (exact) mass is 269 g/mol. The van der Waals surface area contributed by atoms with Gasteiger partial charge in [0.2, 0.25) is 0 Å². The molecule has 4 heteroatoms. The van der Waals surface area contributed by atoms with Crippen LogP contribution < -0.4 is 4.02 Å². The molecule has 0 aromatic carbocycles. The van der Waals surface area contributed by atoms with E-state index in [1.807, 2.05) is 0 Å². The van der Waals surface area contributed by atoms with Gasteiger partial charge in [0, 0.05) is 0 Å². The third-order valence-electron chi connectivity index (χ3n) is 3.68. The first-order valence-corrected chi connectivity index (χ1v) is 10.4. The minimum absolute atomic E-state index is 0.781. The fraction of sp³-hybridized carbons (Fsp3) is 1.00. The summed E-state index contributed by atoms with van der Waals surface area (Å²) >= 11 is -1.23. The molecule has 1 rings (SSSR count). The SMILES string of the molecule is CCN(CC)CC[CH2][Ga]1[NH]CC(C)[N]1C. The molecule has 1 aliphatic heterocycles. The zero-order valence-corrected chi connectivity index (χ0v) is 13.2. The molecule has 1 aliphatic rings.